The van der Waals surface area contributed by atoms with Crippen molar-refractivity contribution < 1.29 is 10.0 Å². The highest BCUT2D eigenvalue weighted by Gasteiger charge is 2.17. The van der Waals surface area contributed by atoms with E-state index in [4.69, 9.17) is 5.21 Å². The average Bonchev–Trinajstić information content (AvgIpc) is 2.86. The molecule has 0 spiro atoms. The van der Waals surface area contributed by atoms with Crippen molar-refractivity contribution in [2.24, 2.45) is 0 Å². The molecular formula is C22H18N2O2. The molecule has 0 aromatic heterocycles. The summed E-state index contributed by atoms with van der Waals surface area (Å²) in [5.74, 6) is -0.508. The Labute approximate surface area is 152 Å². The largest absolute Gasteiger partial charge is 0.336 e. The van der Waals surface area contributed by atoms with Gasteiger partial charge in [0, 0.05) is 23.5 Å². The second-order valence-electron chi connectivity index (χ2n) is 6.17. The number of anilines is 2. The van der Waals surface area contributed by atoms with Gasteiger partial charge in [-0.25, -0.2) is 5.48 Å². The molecule has 4 nitrogen and oxygen atoms in total. The Morgan fingerprint density at radius 2 is 1.35 bits per heavy atom. The third-order valence-electron chi connectivity index (χ3n) is 4.56. The maximum Gasteiger partial charge on any atom is 0.274 e. The molecule has 3 aromatic rings. The molecule has 0 saturated carbocycles. The Morgan fingerprint density at radius 3 is 1.88 bits per heavy atom. The van der Waals surface area contributed by atoms with E-state index in [9.17, 15) is 4.79 Å². The minimum Gasteiger partial charge on any atom is -0.336 e. The Balaban J connectivity index is 1.74. The molecule has 0 saturated heterocycles. The Morgan fingerprint density at radius 1 is 0.808 bits per heavy atom. The second kappa shape index (κ2) is 6.86. The van der Waals surface area contributed by atoms with Crippen LogP contribution in [0.3, 0.4) is 0 Å². The van der Waals surface area contributed by atoms with Gasteiger partial charge in [-0.3, -0.25) is 10.0 Å². The van der Waals surface area contributed by atoms with Gasteiger partial charge >= 0.3 is 0 Å². The molecule has 128 valence electrons. The van der Waals surface area contributed by atoms with Crippen LogP contribution in [-0.4, -0.2) is 11.1 Å². The van der Waals surface area contributed by atoms with Gasteiger partial charge in [-0.15, -0.1) is 0 Å². The molecule has 1 amide bonds. The lowest BCUT2D eigenvalue weighted by atomic mass is 10.1. The summed E-state index contributed by atoms with van der Waals surface area (Å²) < 4.78 is 0. The predicted octanol–water partition coefficient (Wildman–Crippen LogP) is 4.63. The predicted molar refractivity (Wildman–Crippen MR) is 103 cm³/mol. The van der Waals surface area contributed by atoms with Crippen LogP contribution in [0.4, 0.5) is 11.4 Å². The van der Waals surface area contributed by atoms with E-state index in [1.165, 1.54) is 11.1 Å². The van der Waals surface area contributed by atoms with Crippen LogP contribution in [0.15, 0.2) is 72.8 Å². The summed E-state index contributed by atoms with van der Waals surface area (Å²) in [5.41, 5.74) is 7.78. The summed E-state index contributed by atoms with van der Waals surface area (Å²) in [6, 6.07) is 23.9. The van der Waals surface area contributed by atoms with Crippen LogP contribution in [0, 0.1) is 0 Å². The number of rotatable bonds is 3. The number of hydrogen-bond acceptors (Lipinski definition) is 3. The lowest BCUT2D eigenvalue weighted by Gasteiger charge is -2.27. The van der Waals surface area contributed by atoms with E-state index in [0.29, 0.717) is 12.1 Å². The highest BCUT2D eigenvalue weighted by molar-refractivity contribution is 5.93. The van der Waals surface area contributed by atoms with Crippen molar-refractivity contribution in [2.45, 2.75) is 6.54 Å². The molecule has 0 radical (unpaired) electrons. The van der Waals surface area contributed by atoms with Crippen LogP contribution in [0.25, 0.3) is 12.2 Å². The Hall–Kier alpha value is -3.37. The third-order valence-corrected chi connectivity index (χ3v) is 4.56. The molecule has 1 aliphatic heterocycles. The summed E-state index contributed by atoms with van der Waals surface area (Å²) in [6.45, 7) is 0.677. The fourth-order valence-corrected chi connectivity index (χ4v) is 3.24. The molecule has 0 unspecified atom stereocenters. The number of benzene rings is 3. The molecule has 3 aromatic carbocycles. The molecule has 4 rings (SSSR count). The first-order valence-electron chi connectivity index (χ1n) is 8.43. The van der Waals surface area contributed by atoms with E-state index in [0.717, 1.165) is 16.9 Å². The number of nitrogens with one attached hydrogen (secondary N) is 1. The van der Waals surface area contributed by atoms with Crippen molar-refractivity contribution in [3.8, 4) is 0 Å². The maximum absolute atomic E-state index is 11.5. The van der Waals surface area contributed by atoms with Crippen LogP contribution < -0.4 is 10.4 Å². The molecule has 26 heavy (non-hydrogen) atoms. The van der Waals surface area contributed by atoms with Crippen LogP contribution in [-0.2, 0) is 6.54 Å². The molecule has 0 atom stereocenters. The lowest BCUT2D eigenvalue weighted by molar-refractivity contribution is 0.0706. The standard InChI is InChI=1S/C22H18N2O2/c25-22(23-26)19-11-9-16(10-12-19)15-24-20-7-3-1-5-17(20)13-14-18-6-2-4-8-21(18)24/h1-14,26H,15H2,(H,23,25). The van der Waals surface area contributed by atoms with Gasteiger partial charge in [0.1, 0.15) is 0 Å². The first-order valence-corrected chi connectivity index (χ1v) is 8.43. The minimum absolute atomic E-state index is 0.426. The first kappa shape index (κ1) is 16.1. The number of para-hydroxylation sites is 2. The highest BCUT2D eigenvalue weighted by atomic mass is 16.5. The van der Waals surface area contributed by atoms with Crippen LogP contribution in [0.2, 0.25) is 0 Å². The molecule has 2 N–H and O–H groups in total. The normalized spacial score (nSPS) is 12.1. The Kier molecular flexibility index (Phi) is 4.25. The molecule has 0 bridgehead atoms. The van der Waals surface area contributed by atoms with E-state index in [1.54, 1.807) is 17.6 Å². The molecule has 1 heterocycles. The number of carbonyl (C=O) groups is 1. The van der Waals surface area contributed by atoms with Crippen LogP contribution >= 0.6 is 0 Å². The van der Waals surface area contributed by atoms with Gasteiger partial charge in [0.2, 0.25) is 0 Å². The van der Waals surface area contributed by atoms with Gasteiger partial charge in [-0.1, -0.05) is 60.7 Å². The van der Waals surface area contributed by atoms with Gasteiger partial charge in [-0.05, 0) is 41.0 Å². The topological polar surface area (TPSA) is 52.6 Å². The molecule has 4 heteroatoms. The smallest absolute Gasteiger partial charge is 0.274 e. The molecular weight excluding hydrogens is 324 g/mol. The summed E-state index contributed by atoms with van der Waals surface area (Å²) in [6.07, 6.45) is 4.28. The highest BCUT2D eigenvalue weighted by Crippen LogP contribution is 2.37. The van der Waals surface area contributed by atoms with Crippen LogP contribution in [0.1, 0.15) is 27.0 Å². The van der Waals surface area contributed by atoms with E-state index in [1.807, 2.05) is 36.4 Å². The van der Waals surface area contributed by atoms with Gasteiger partial charge < -0.3 is 4.90 Å². The zero-order valence-corrected chi connectivity index (χ0v) is 14.1. The number of hydrogen-bond donors (Lipinski definition) is 2. The van der Waals surface area contributed by atoms with Gasteiger partial charge in [0.15, 0.2) is 0 Å². The summed E-state index contributed by atoms with van der Waals surface area (Å²) in [4.78, 5) is 13.8. The van der Waals surface area contributed by atoms with Gasteiger partial charge in [0.25, 0.3) is 5.91 Å². The molecule has 0 aliphatic carbocycles. The fraction of sp³-hybridized carbons (Fsp3) is 0.0455. The summed E-state index contributed by atoms with van der Waals surface area (Å²) in [7, 11) is 0. The fourth-order valence-electron chi connectivity index (χ4n) is 3.24. The van der Waals surface area contributed by atoms with E-state index in [2.05, 4.69) is 41.3 Å². The van der Waals surface area contributed by atoms with E-state index < -0.39 is 5.91 Å². The van der Waals surface area contributed by atoms with E-state index in [-0.39, 0.29) is 0 Å². The summed E-state index contributed by atoms with van der Waals surface area (Å²) in [5, 5.41) is 8.75. The maximum atomic E-state index is 11.5. The number of nitrogens with zero attached hydrogens (tertiary/aromatic N) is 1. The summed E-state index contributed by atoms with van der Waals surface area (Å²) >= 11 is 0. The zero-order valence-electron chi connectivity index (χ0n) is 14.1. The van der Waals surface area contributed by atoms with Crippen molar-refractivity contribution in [2.75, 3.05) is 4.90 Å². The molecule has 1 aliphatic rings. The minimum atomic E-state index is -0.508. The SMILES string of the molecule is O=C(NO)c1ccc(CN2c3ccccc3C=Cc3ccccc32)cc1. The van der Waals surface area contributed by atoms with Crippen molar-refractivity contribution >= 4 is 29.4 Å². The van der Waals surface area contributed by atoms with Crippen molar-refractivity contribution in [1.29, 1.82) is 0 Å². The molecule has 0 fully saturated rings. The number of fused-ring (bicyclic) bond motifs is 2. The van der Waals surface area contributed by atoms with Gasteiger partial charge in [-0.2, -0.15) is 0 Å². The van der Waals surface area contributed by atoms with Crippen molar-refractivity contribution in [3.63, 3.8) is 0 Å². The van der Waals surface area contributed by atoms with Crippen LogP contribution in [0.5, 0.6) is 0 Å². The quantitative estimate of drug-likeness (QED) is 0.539. The zero-order chi connectivity index (χ0) is 17.9. The van der Waals surface area contributed by atoms with Gasteiger partial charge in [0.05, 0.1) is 0 Å². The number of carbonyl (C=O) groups excluding carboxylic acids is 1. The first-order chi connectivity index (χ1) is 12.8. The Bertz CT molecular complexity index is 928. The number of amides is 1. The van der Waals surface area contributed by atoms with Crippen molar-refractivity contribution in [3.05, 3.63) is 95.1 Å². The van der Waals surface area contributed by atoms with E-state index >= 15 is 0 Å². The number of hydroxylamine groups is 1. The van der Waals surface area contributed by atoms with Crippen molar-refractivity contribution in [1.82, 2.24) is 5.48 Å². The third kappa shape index (κ3) is 2.98. The lowest BCUT2D eigenvalue weighted by Crippen LogP contribution is -2.19. The monoisotopic (exact) mass is 342 g/mol. The average molecular weight is 342 g/mol. The second-order valence-corrected chi connectivity index (χ2v) is 6.17.